The van der Waals surface area contributed by atoms with E-state index in [4.69, 9.17) is 15.5 Å². The van der Waals surface area contributed by atoms with E-state index in [1.807, 2.05) is 51.1 Å². The Morgan fingerprint density at radius 2 is 1.82 bits per heavy atom. The second kappa shape index (κ2) is 11.3. The van der Waals surface area contributed by atoms with Crippen LogP contribution in [0.5, 0.6) is 0 Å². The second-order valence-corrected chi connectivity index (χ2v) is 13.7. The van der Waals surface area contributed by atoms with Crippen LogP contribution in [-0.2, 0) is 16.1 Å². The van der Waals surface area contributed by atoms with Gasteiger partial charge in [0, 0.05) is 48.7 Å². The molecule has 230 valence electrons. The largest absolute Gasteiger partial charge is 0.457 e. The molecule has 1 spiro atoms. The van der Waals surface area contributed by atoms with Gasteiger partial charge in [-0.3, -0.25) is 9.80 Å². The van der Waals surface area contributed by atoms with E-state index in [-0.39, 0.29) is 17.6 Å². The normalized spacial score (nSPS) is 19.8. The SMILES string of the molecule is CC(C)(C)OC(=O)C=C1CCC2(C1)CN(Cc1ccc(N3c4nc(-c5ccccc5)ccc4NC3c3cccnc3N)cc1)C2. The van der Waals surface area contributed by atoms with Crippen LogP contribution in [0.25, 0.3) is 11.3 Å². The summed E-state index contributed by atoms with van der Waals surface area (Å²) < 4.78 is 5.50. The van der Waals surface area contributed by atoms with Crippen molar-refractivity contribution in [1.29, 1.82) is 0 Å². The van der Waals surface area contributed by atoms with Gasteiger partial charge in [0.15, 0.2) is 5.82 Å². The zero-order valence-corrected chi connectivity index (χ0v) is 26.2. The molecule has 4 aromatic rings. The van der Waals surface area contributed by atoms with Gasteiger partial charge in [0.25, 0.3) is 0 Å². The van der Waals surface area contributed by atoms with Gasteiger partial charge in [-0.05, 0) is 87.4 Å². The molecule has 2 aliphatic heterocycles. The van der Waals surface area contributed by atoms with Crippen molar-refractivity contribution in [2.24, 2.45) is 5.41 Å². The Labute approximate surface area is 264 Å². The minimum atomic E-state index is -0.462. The van der Waals surface area contributed by atoms with Crippen LogP contribution < -0.4 is 16.0 Å². The van der Waals surface area contributed by atoms with Crippen LogP contribution >= 0.6 is 0 Å². The summed E-state index contributed by atoms with van der Waals surface area (Å²) in [4.78, 5) is 26.5. The predicted octanol–water partition coefficient (Wildman–Crippen LogP) is 7.24. The average molecular weight is 601 g/mol. The Morgan fingerprint density at radius 1 is 1.04 bits per heavy atom. The zero-order valence-electron chi connectivity index (χ0n) is 26.2. The topological polar surface area (TPSA) is 96.6 Å². The van der Waals surface area contributed by atoms with Gasteiger partial charge >= 0.3 is 5.97 Å². The standard InChI is InChI=1S/C37H40N6O2/c1-36(2,3)45-32(44)20-26-17-18-37(21-26)23-42(24-37)22-25-11-13-28(14-12-25)43-34(29-10-7-19-39-33(29)38)41-31-16-15-30(40-35(31)43)27-8-5-4-6-9-27/h4-16,19-20,34,41H,17-18,21-24H2,1-3H3,(H2,38,39). The third-order valence-corrected chi connectivity index (χ3v) is 8.94. The summed E-state index contributed by atoms with van der Waals surface area (Å²) >= 11 is 0. The Hall–Kier alpha value is -4.69. The molecule has 0 bridgehead atoms. The van der Waals surface area contributed by atoms with Gasteiger partial charge < -0.3 is 15.8 Å². The lowest BCUT2D eigenvalue weighted by Gasteiger charge is -2.48. The van der Waals surface area contributed by atoms with Gasteiger partial charge in [-0.15, -0.1) is 0 Å². The van der Waals surface area contributed by atoms with Crippen molar-refractivity contribution in [2.75, 3.05) is 29.0 Å². The van der Waals surface area contributed by atoms with E-state index in [2.05, 4.69) is 68.6 Å². The molecule has 1 atom stereocenters. The number of allylic oxidation sites excluding steroid dienone is 1. The van der Waals surface area contributed by atoms with Crippen LogP contribution in [0, 0.1) is 5.41 Å². The highest BCUT2D eigenvalue weighted by Crippen LogP contribution is 2.49. The maximum absolute atomic E-state index is 12.3. The summed E-state index contributed by atoms with van der Waals surface area (Å²) in [5.41, 5.74) is 13.6. The highest BCUT2D eigenvalue weighted by molar-refractivity contribution is 5.84. The van der Waals surface area contributed by atoms with Crippen LogP contribution in [0.1, 0.15) is 57.3 Å². The molecule has 1 saturated carbocycles. The number of nitrogens with two attached hydrogens (primary N) is 1. The molecule has 2 fully saturated rings. The number of nitrogen functional groups attached to an aromatic ring is 1. The quantitative estimate of drug-likeness (QED) is 0.177. The van der Waals surface area contributed by atoms with Gasteiger partial charge in [0.2, 0.25) is 0 Å². The average Bonchev–Trinajstić information content (AvgIpc) is 3.58. The Balaban J connectivity index is 1.07. The molecule has 0 amide bonds. The number of carbonyl (C=O) groups is 1. The number of benzene rings is 2. The van der Waals surface area contributed by atoms with E-state index in [1.54, 1.807) is 12.3 Å². The van der Waals surface area contributed by atoms with Crippen molar-refractivity contribution in [1.82, 2.24) is 14.9 Å². The van der Waals surface area contributed by atoms with Gasteiger partial charge in [-0.2, -0.15) is 0 Å². The Kier molecular flexibility index (Phi) is 7.32. The van der Waals surface area contributed by atoms with Crippen molar-refractivity contribution in [3.05, 3.63) is 108 Å². The monoisotopic (exact) mass is 600 g/mol. The Morgan fingerprint density at radius 3 is 2.56 bits per heavy atom. The number of hydrogen-bond donors (Lipinski definition) is 2. The first-order valence-corrected chi connectivity index (χ1v) is 15.7. The number of esters is 1. The number of carbonyl (C=O) groups excluding carboxylic acids is 1. The summed E-state index contributed by atoms with van der Waals surface area (Å²) in [6, 6.07) is 27.1. The molecule has 1 saturated heterocycles. The maximum Gasteiger partial charge on any atom is 0.331 e. The van der Waals surface area contributed by atoms with Crippen LogP contribution in [0.15, 0.2) is 96.7 Å². The van der Waals surface area contributed by atoms with Gasteiger partial charge in [-0.25, -0.2) is 14.8 Å². The van der Waals surface area contributed by atoms with Crippen molar-refractivity contribution in [2.45, 2.75) is 58.3 Å². The molecule has 8 heteroatoms. The minimum absolute atomic E-state index is 0.221. The first-order chi connectivity index (χ1) is 21.6. The molecule has 0 radical (unpaired) electrons. The van der Waals surface area contributed by atoms with E-state index in [0.29, 0.717) is 5.82 Å². The summed E-state index contributed by atoms with van der Waals surface area (Å²) in [6.07, 6.45) is 6.32. The molecule has 4 heterocycles. The van der Waals surface area contributed by atoms with Crippen molar-refractivity contribution < 1.29 is 9.53 Å². The number of nitrogens with zero attached hydrogens (tertiary/aromatic N) is 4. The number of aromatic nitrogens is 2. The fourth-order valence-corrected chi connectivity index (χ4v) is 7.01. The number of pyridine rings is 2. The zero-order chi connectivity index (χ0) is 31.2. The van der Waals surface area contributed by atoms with Crippen LogP contribution in [0.2, 0.25) is 0 Å². The van der Waals surface area contributed by atoms with Crippen LogP contribution in [0.4, 0.5) is 23.0 Å². The number of fused-ring (bicyclic) bond motifs is 1. The molecule has 45 heavy (non-hydrogen) atoms. The molecule has 2 aromatic heterocycles. The molecule has 3 aliphatic rings. The lowest BCUT2D eigenvalue weighted by Crippen LogP contribution is -2.54. The molecule has 1 unspecified atom stereocenters. The number of hydrogen-bond acceptors (Lipinski definition) is 8. The molecule has 2 aromatic carbocycles. The number of rotatable bonds is 6. The molecule has 1 aliphatic carbocycles. The number of likely N-dealkylation sites (tertiary alicyclic amines) is 1. The highest BCUT2D eigenvalue weighted by Gasteiger charge is 2.46. The van der Waals surface area contributed by atoms with Gasteiger partial charge in [0.05, 0.1) is 11.4 Å². The van der Waals surface area contributed by atoms with E-state index in [9.17, 15) is 4.79 Å². The summed E-state index contributed by atoms with van der Waals surface area (Å²) in [5.74, 6) is 1.13. The van der Waals surface area contributed by atoms with Crippen molar-refractivity contribution in [3.63, 3.8) is 0 Å². The van der Waals surface area contributed by atoms with E-state index >= 15 is 0 Å². The maximum atomic E-state index is 12.3. The van der Waals surface area contributed by atoms with Crippen molar-refractivity contribution >= 4 is 29.0 Å². The number of anilines is 4. The van der Waals surface area contributed by atoms with Gasteiger partial charge in [0.1, 0.15) is 17.6 Å². The van der Waals surface area contributed by atoms with Crippen molar-refractivity contribution in [3.8, 4) is 11.3 Å². The lowest BCUT2D eigenvalue weighted by atomic mass is 9.78. The lowest BCUT2D eigenvalue weighted by molar-refractivity contribution is -0.148. The molecule has 7 rings (SSSR count). The van der Waals surface area contributed by atoms with E-state index in [0.717, 1.165) is 72.9 Å². The first-order valence-electron chi connectivity index (χ1n) is 15.7. The fraction of sp³-hybridized carbons (Fsp3) is 0.324. The number of nitrogens with one attached hydrogen (secondary N) is 1. The molecule has 3 N–H and O–H groups in total. The van der Waals surface area contributed by atoms with Gasteiger partial charge in [-0.1, -0.05) is 48.0 Å². The molecule has 8 nitrogen and oxygen atoms in total. The first kappa shape index (κ1) is 29.0. The van der Waals surface area contributed by atoms with Crippen LogP contribution in [0.3, 0.4) is 0 Å². The molecular formula is C37H40N6O2. The highest BCUT2D eigenvalue weighted by atomic mass is 16.6. The Bertz CT molecular complexity index is 1740. The second-order valence-electron chi connectivity index (χ2n) is 13.7. The fourth-order valence-electron chi connectivity index (χ4n) is 7.01. The third-order valence-electron chi connectivity index (χ3n) is 8.94. The summed E-state index contributed by atoms with van der Waals surface area (Å²) in [6.45, 7) is 8.73. The third kappa shape index (κ3) is 6.02. The predicted molar refractivity (Wildman–Crippen MR) is 179 cm³/mol. The van der Waals surface area contributed by atoms with Crippen LogP contribution in [-0.4, -0.2) is 39.5 Å². The smallest absolute Gasteiger partial charge is 0.331 e. The summed E-state index contributed by atoms with van der Waals surface area (Å²) in [7, 11) is 0. The van der Waals surface area contributed by atoms with E-state index in [1.165, 1.54) is 11.1 Å². The minimum Gasteiger partial charge on any atom is -0.457 e. The summed E-state index contributed by atoms with van der Waals surface area (Å²) in [5, 5.41) is 3.64. The number of ether oxygens (including phenoxy) is 1. The molecular weight excluding hydrogens is 560 g/mol. The van der Waals surface area contributed by atoms with E-state index < -0.39 is 5.60 Å².